The van der Waals surface area contributed by atoms with E-state index in [4.69, 9.17) is 11.6 Å². The molecule has 0 aliphatic heterocycles. The van der Waals surface area contributed by atoms with Crippen LogP contribution in [0.3, 0.4) is 0 Å². The van der Waals surface area contributed by atoms with Crippen molar-refractivity contribution >= 4 is 28.3 Å². The third-order valence-corrected chi connectivity index (χ3v) is 3.33. The van der Waals surface area contributed by atoms with Crippen LogP contribution in [0.4, 0.5) is 0 Å². The van der Waals surface area contributed by atoms with Gasteiger partial charge in [-0.15, -0.1) is 0 Å². The van der Waals surface area contributed by atoms with Crippen molar-refractivity contribution in [2.24, 2.45) is 0 Å². The fraction of sp³-hybridized carbons (Fsp3) is 0.143. The van der Waals surface area contributed by atoms with Crippen molar-refractivity contribution in [3.8, 4) is 0 Å². The van der Waals surface area contributed by atoms with Gasteiger partial charge < -0.3 is 9.84 Å². The molecular formula is C14H11ClN4O2. The molecule has 0 spiro atoms. The molecular weight excluding hydrogens is 292 g/mol. The molecule has 0 aliphatic rings. The highest BCUT2D eigenvalue weighted by molar-refractivity contribution is 6.34. The molecule has 3 aromatic rings. The van der Waals surface area contributed by atoms with Crippen molar-refractivity contribution in [1.82, 2.24) is 20.4 Å². The van der Waals surface area contributed by atoms with Gasteiger partial charge in [0.05, 0.1) is 5.56 Å². The predicted octanol–water partition coefficient (Wildman–Crippen LogP) is 2.24. The van der Waals surface area contributed by atoms with E-state index in [2.05, 4.69) is 25.0 Å². The highest BCUT2D eigenvalue weighted by atomic mass is 35.5. The van der Waals surface area contributed by atoms with Gasteiger partial charge in [0.2, 0.25) is 6.39 Å². The van der Waals surface area contributed by atoms with Gasteiger partial charge in [0.1, 0.15) is 5.15 Å². The summed E-state index contributed by atoms with van der Waals surface area (Å²) in [6, 6.07) is 7.39. The quantitative estimate of drug-likeness (QED) is 0.748. The normalized spacial score (nSPS) is 10.7. The number of aromatic nitrogens is 3. The number of benzene rings is 1. The number of hydrogen-bond acceptors (Lipinski definition) is 5. The van der Waals surface area contributed by atoms with Crippen molar-refractivity contribution in [1.29, 1.82) is 0 Å². The SMILES string of the molecule is O=C(NCCc1ncon1)c1cnc(Cl)c2ccccc12. The smallest absolute Gasteiger partial charge is 0.253 e. The van der Waals surface area contributed by atoms with E-state index in [1.54, 1.807) is 0 Å². The zero-order chi connectivity index (χ0) is 14.7. The minimum absolute atomic E-state index is 0.209. The maximum absolute atomic E-state index is 12.2. The summed E-state index contributed by atoms with van der Waals surface area (Å²) in [5.74, 6) is 0.341. The lowest BCUT2D eigenvalue weighted by Crippen LogP contribution is -2.26. The molecule has 7 heteroatoms. The fourth-order valence-electron chi connectivity index (χ4n) is 2.02. The van der Waals surface area contributed by atoms with Crippen LogP contribution in [0, 0.1) is 0 Å². The molecule has 2 heterocycles. The van der Waals surface area contributed by atoms with Crippen LogP contribution in [-0.2, 0) is 6.42 Å². The summed E-state index contributed by atoms with van der Waals surface area (Å²) in [4.78, 5) is 20.2. The van der Waals surface area contributed by atoms with Gasteiger partial charge in [-0.25, -0.2) is 4.98 Å². The van der Waals surface area contributed by atoms with E-state index < -0.39 is 0 Å². The molecule has 0 bridgehead atoms. The van der Waals surface area contributed by atoms with Gasteiger partial charge in [-0.1, -0.05) is 41.0 Å². The Labute approximate surface area is 125 Å². The zero-order valence-electron chi connectivity index (χ0n) is 10.9. The van der Waals surface area contributed by atoms with Crippen molar-refractivity contribution in [3.63, 3.8) is 0 Å². The minimum atomic E-state index is -0.209. The number of halogens is 1. The van der Waals surface area contributed by atoms with Gasteiger partial charge in [0.25, 0.3) is 5.91 Å². The predicted molar refractivity (Wildman–Crippen MR) is 77.1 cm³/mol. The van der Waals surface area contributed by atoms with Gasteiger partial charge in [-0.2, -0.15) is 4.98 Å². The van der Waals surface area contributed by atoms with Crippen molar-refractivity contribution in [3.05, 3.63) is 53.4 Å². The van der Waals surface area contributed by atoms with E-state index >= 15 is 0 Å². The van der Waals surface area contributed by atoms with E-state index in [1.165, 1.54) is 12.6 Å². The lowest BCUT2D eigenvalue weighted by Gasteiger charge is -2.07. The molecule has 106 valence electrons. The Bertz CT molecular complexity index is 774. The van der Waals surface area contributed by atoms with Crippen LogP contribution < -0.4 is 5.32 Å². The second-order valence-corrected chi connectivity index (χ2v) is 4.72. The number of fused-ring (bicyclic) bond motifs is 1. The van der Waals surface area contributed by atoms with Crippen LogP contribution in [0.2, 0.25) is 5.15 Å². The molecule has 1 aromatic carbocycles. The van der Waals surface area contributed by atoms with E-state index in [9.17, 15) is 4.79 Å². The van der Waals surface area contributed by atoms with E-state index in [1.807, 2.05) is 24.3 Å². The topological polar surface area (TPSA) is 80.9 Å². The summed E-state index contributed by atoms with van der Waals surface area (Å²) >= 11 is 6.04. The molecule has 6 nitrogen and oxygen atoms in total. The van der Waals surface area contributed by atoms with Gasteiger partial charge >= 0.3 is 0 Å². The zero-order valence-corrected chi connectivity index (χ0v) is 11.7. The van der Waals surface area contributed by atoms with Gasteiger partial charge in [0, 0.05) is 24.5 Å². The summed E-state index contributed by atoms with van der Waals surface area (Å²) in [6.45, 7) is 0.412. The number of carbonyl (C=O) groups is 1. The summed E-state index contributed by atoms with van der Waals surface area (Å²) < 4.78 is 4.63. The molecule has 1 N–H and O–H groups in total. The molecule has 0 radical (unpaired) electrons. The standard InChI is InChI=1S/C14H11ClN4O2/c15-13-10-4-2-1-3-9(10)11(7-17-13)14(20)16-6-5-12-18-8-21-19-12/h1-4,7-8H,5-6H2,(H,16,20). The van der Waals surface area contributed by atoms with Crippen LogP contribution in [0.25, 0.3) is 10.8 Å². The fourth-order valence-corrected chi connectivity index (χ4v) is 2.24. The molecule has 21 heavy (non-hydrogen) atoms. The second kappa shape index (κ2) is 5.88. The molecule has 0 aliphatic carbocycles. The van der Waals surface area contributed by atoms with Crippen molar-refractivity contribution in [2.75, 3.05) is 6.54 Å². The Kier molecular flexibility index (Phi) is 3.79. The van der Waals surface area contributed by atoms with E-state index in [-0.39, 0.29) is 5.91 Å². The number of hydrogen-bond donors (Lipinski definition) is 1. The van der Waals surface area contributed by atoms with E-state index in [0.717, 1.165) is 10.8 Å². The first kappa shape index (κ1) is 13.5. The molecule has 0 saturated carbocycles. The molecule has 0 fully saturated rings. The highest BCUT2D eigenvalue weighted by Gasteiger charge is 2.12. The lowest BCUT2D eigenvalue weighted by molar-refractivity contribution is 0.0955. The van der Waals surface area contributed by atoms with Gasteiger partial charge in [-0.05, 0) is 5.39 Å². The third kappa shape index (κ3) is 2.85. The summed E-state index contributed by atoms with van der Waals surface area (Å²) in [7, 11) is 0. The maximum atomic E-state index is 12.2. The number of nitrogens with one attached hydrogen (secondary N) is 1. The van der Waals surface area contributed by atoms with Gasteiger partial charge in [0.15, 0.2) is 5.82 Å². The van der Waals surface area contributed by atoms with Crippen LogP contribution in [0.15, 0.2) is 41.4 Å². The summed E-state index contributed by atoms with van der Waals surface area (Å²) in [5, 5.41) is 8.40. The van der Waals surface area contributed by atoms with Crippen LogP contribution in [0.5, 0.6) is 0 Å². The summed E-state index contributed by atoms with van der Waals surface area (Å²) in [6.07, 6.45) is 3.24. The van der Waals surface area contributed by atoms with Crippen LogP contribution in [-0.4, -0.2) is 27.6 Å². The summed E-state index contributed by atoms with van der Waals surface area (Å²) in [5.41, 5.74) is 0.489. The molecule has 0 saturated heterocycles. The highest BCUT2D eigenvalue weighted by Crippen LogP contribution is 2.23. The molecule has 3 rings (SSSR count). The average molecular weight is 303 g/mol. The molecule has 0 atom stereocenters. The molecule has 1 amide bonds. The van der Waals surface area contributed by atoms with Crippen molar-refractivity contribution in [2.45, 2.75) is 6.42 Å². The Hall–Kier alpha value is -2.47. The Morgan fingerprint density at radius 3 is 2.81 bits per heavy atom. The first-order chi connectivity index (χ1) is 10.3. The minimum Gasteiger partial charge on any atom is -0.352 e. The number of nitrogens with zero attached hydrogens (tertiary/aromatic N) is 3. The first-order valence-electron chi connectivity index (χ1n) is 6.32. The third-order valence-electron chi connectivity index (χ3n) is 3.03. The monoisotopic (exact) mass is 302 g/mol. The number of carbonyl (C=O) groups excluding carboxylic acids is 1. The molecule has 0 unspecified atom stereocenters. The molecule has 2 aromatic heterocycles. The van der Waals surface area contributed by atoms with E-state index in [0.29, 0.717) is 29.5 Å². The van der Waals surface area contributed by atoms with Crippen LogP contribution in [0.1, 0.15) is 16.2 Å². The first-order valence-corrected chi connectivity index (χ1v) is 6.70. The van der Waals surface area contributed by atoms with Crippen molar-refractivity contribution < 1.29 is 9.32 Å². The number of amides is 1. The Morgan fingerprint density at radius 2 is 2.05 bits per heavy atom. The largest absolute Gasteiger partial charge is 0.352 e. The Balaban J connectivity index is 1.77. The Morgan fingerprint density at radius 1 is 1.24 bits per heavy atom. The number of pyridine rings is 1. The van der Waals surface area contributed by atoms with Crippen LogP contribution >= 0.6 is 11.6 Å². The maximum Gasteiger partial charge on any atom is 0.253 e. The van der Waals surface area contributed by atoms with Gasteiger partial charge in [-0.3, -0.25) is 4.79 Å². The number of rotatable bonds is 4. The lowest BCUT2D eigenvalue weighted by atomic mass is 10.1. The second-order valence-electron chi connectivity index (χ2n) is 4.36. The average Bonchev–Trinajstić information content (AvgIpc) is 3.01.